The van der Waals surface area contributed by atoms with Crippen LogP contribution in [0, 0.1) is 6.92 Å². The van der Waals surface area contributed by atoms with Crippen LogP contribution in [0.2, 0.25) is 0 Å². The van der Waals surface area contributed by atoms with Crippen molar-refractivity contribution in [3.05, 3.63) is 71.0 Å². The van der Waals surface area contributed by atoms with Crippen molar-refractivity contribution in [1.82, 2.24) is 0 Å². The molecule has 19 heavy (non-hydrogen) atoms. The Hall–Kier alpha value is -1.89. The summed E-state index contributed by atoms with van der Waals surface area (Å²) in [6.45, 7) is 14.1. The molecule has 0 spiro atoms. The first-order valence-corrected chi connectivity index (χ1v) is 6.55. The van der Waals surface area contributed by atoms with Gasteiger partial charge < -0.3 is 0 Å². The molecule has 1 aromatic rings. The van der Waals surface area contributed by atoms with Gasteiger partial charge in [0, 0.05) is 11.3 Å². The van der Waals surface area contributed by atoms with Crippen LogP contribution in [0.5, 0.6) is 0 Å². The highest BCUT2D eigenvalue weighted by Gasteiger charge is 2.04. The molecule has 0 unspecified atom stereocenters. The lowest BCUT2D eigenvalue weighted by Crippen LogP contribution is -2.01. The van der Waals surface area contributed by atoms with Crippen molar-refractivity contribution in [2.75, 3.05) is 0 Å². The number of benzene rings is 1. The maximum absolute atomic E-state index is 4.77. The molecular weight excluding hydrogens is 230 g/mol. The van der Waals surface area contributed by atoms with Crippen LogP contribution in [-0.4, -0.2) is 5.71 Å². The second-order valence-corrected chi connectivity index (χ2v) is 5.01. The molecule has 0 aliphatic carbocycles. The normalized spacial score (nSPS) is 12.8. The number of aliphatic imine (C=N–C) groups is 1. The van der Waals surface area contributed by atoms with E-state index in [1.165, 1.54) is 16.7 Å². The minimum atomic E-state index is 1.01. The van der Waals surface area contributed by atoms with Crippen molar-refractivity contribution in [3.8, 4) is 0 Å². The van der Waals surface area contributed by atoms with Crippen molar-refractivity contribution in [2.24, 2.45) is 4.99 Å². The van der Waals surface area contributed by atoms with Gasteiger partial charge in [0.2, 0.25) is 0 Å². The Morgan fingerprint density at radius 1 is 1.11 bits per heavy atom. The summed E-state index contributed by atoms with van der Waals surface area (Å²) in [5.74, 6) is 0. The zero-order valence-corrected chi connectivity index (χ0v) is 12.6. The van der Waals surface area contributed by atoms with E-state index >= 15 is 0 Å². The van der Waals surface area contributed by atoms with Crippen LogP contribution in [0.3, 0.4) is 0 Å². The SMILES string of the molecule is C=C/C(C)=C(\C)N=C(C=C(C)C)c1ccccc1C. The monoisotopic (exact) mass is 253 g/mol. The van der Waals surface area contributed by atoms with E-state index in [2.05, 4.69) is 57.7 Å². The van der Waals surface area contributed by atoms with Crippen molar-refractivity contribution in [1.29, 1.82) is 0 Å². The number of nitrogens with zero attached hydrogens (tertiary/aromatic N) is 1. The minimum absolute atomic E-state index is 1.01. The van der Waals surface area contributed by atoms with Crippen molar-refractivity contribution >= 4 is 5.71 Å². The third-order valence-corrected chi connectivity index (χ3v) is 3.01. The summed E-state index contributed by atoms with van der Waals surface area (Å²) >= 11 is 0. The summed E-state index contributed by atoms with van der Waals surface area (Å²) in [6, 6.07) is 8.33. The average Bonchev–Trinajstić information content (AvgIpc) is 2.37. The fraction of sp³-hybridized carbons (Fsp3) is 0.278. The first-order chi connectivity index (χ1) is 8.95. The highest BCUT2D eigenvalue weighted by atomic mass is 14.8. The first kappa shape index (κ1) is 15.2. The molecule has 0 saturated carbocycles. The molecule has 1 rings (SSSR count). The molecule has 0 aromatic heterocycles. The predicted molar refractivity (Wildman–Crippen MR) is 85.7 cm³/mol. The molecule has 0 aliphatic rings. The van der Waals surface area contributed by atoms with Gasteiger partial charge in [-0.1, -0.05) is 42.5 Å². The molecule has 0 bridgehead atoms. The van der Waals surface area contributed by atoms with E-state index in [-0.39, 0.29) is 0 Å². The molecule has 0 radical (unpaired) electrons. The molecule has 1 nitrogen and oxygen atoms in total. The fourth-order valence-corrected chi connectivity index (χ4v) is 1.72. The van der Waals surface area contributed by atoms with E-state index in [4.69, 9.17) is 4.99 Å². The lowest BCUT2D eigenvalue weighted by Gasteiger charge is -2.08. The highest BCUT2D eigenvalue weighted by molar-refractivity contribution is 6.10. The molecule has 0 atom stereocenters. The Balaban J connectivity index is 3.40. The maximum Gasteiger partial charge on any atom is 0.0707 e. The molecular formula is C18H23N. The van der Waals surface area contributed by atoms with Gasteiger partial charge in [0.15, 0.2) is 0 Å². The van der Waals surface area contributed by atoms with Gasteiger partial charge in [0.1, 0.15) is 0 Å². The lowest BCUT2D eigenvalue weighted by atomic mass is 10.0. The Kier molecular flexibility index (Phi) is 5.50. The summed E-state index contributed by atoms with van der Waals surface area (Å²) in [4.78, 5) is 4.77. The number of hydrogen-bond donors (Lipinski definition) is 0. The smallest absolute Gasteiger partial charge is 0.0707 e. The van der Waals surface area contributed by atoms with E-state index in [1.807, 2.05) is 19.9 Å². The largest absolute Gasteiger partial charge is 0.253 e. The Morgan fingerprint density at radius 2 is 1.74 bits per heavy atom. The predicted octanol–water partition coefficient (Wildman–Crippen LogP) is 5.23. The van der Waals surface area contributed by atoms with E-state index in [1.54, 1.807) is 0 Å². The second-order valence-electron chi connectivity index (χ2n) is 5.01. The zero-order chi connectivity index (χ0) is 14.4. The van der Waals surface area contributed by atoms with Gasteiger partial charge in [-0.15, -0.1) is 0 Å². The molecule has 0 N–H and O–H groups in total. The Bertz CT molecular complexity index is 553. The van der Waals surface area contributed by atoms with Gasteiger partial charge >= 0.3 is 0 Å². The van der Waals surface area contributed by atoms with Gasteiger partial charge in [-0.2, -0.15) is 0 Å². The van der Waals surface area contributed by atoms with Crippen LogP contribution in [0.1, 0.15) is 38.8 Å². The molecule has 1 aromatic carbocycles. The number of allylic oxidation sites excluding steroid dienone is 5. The zero-order valence-electron chi connectivity index (χ0n) is 12.6. The van der Waals surface area contributed by atoms with Gasteiger partial charge in [0.25, 0.3) is 0 Å². The number of aryl methyl sites for hydroxylation is 1. The van der Waals surface area contributed by atoms with Crippen LogP contribution >= 0.6 is 0 Å². The summed E-state index contributed by atoms with van der Waals surface area (Å²) in [6.07, 6.45) is 3.97. The quantitative estimate of drug-likeness (QED) is 0.514. The third-order valence-electron chi connectivity index (χ3n) is 3.01. The second kappa shape index (κ2) is 6.89. The van der Waals surface area contributed by atoms with Crippen LogP contribution in [0.4, 0.5) is 0 Å². The number of rotatable bonds is 4. The van der Waals surface area contributed by atoms with Crippen LogP contribution < -0.4 is 0 Å². The van der Waals surface area contributed by atoms with E-state index in [0.717, 1.165) is 17.0 Å². The summed E-state index contributed by atoms with van der Waals surface area (Å²) in [5, 5.41) is 0. The standard InChI is InChI=1S/C18H23N/c1-7-14(4)16(6)19-18(12-13(2)3)17-11-9-8-10-15(17)5/h7-12H,1H2,2-6H3/b16-14+,19-18?. The van der Waals surface area contributed by atoms with Crippen molar-refractivity contribution in [3.63, 3.8) is 0 Å². The topological polar surface area (TPSA) is 12.4 Å². The van der Waals surface area contributed by atoms with Gasteiger partial charge in [-0.25, -0.2) is 0 Å². The van der Waals surface area contributed by atoms with Crippen LogP contribution in [0.25, 0.3) is 0 Å². The van der Waals surface area contributed by atoms with E-state index < -0.39 is 0 Å². The molecule has 100 valence electrons. The first-order valence-electron chi connectivity index (χ1n) is 6.55. The molecule has 0 aliphatic heterocycles. The lowest BCUT2D eigenvalue weighted by molar-refractivity contribution is 1.23. The summed E-state index contributed by atoms with van der Waals surface area (Å²) < 4.78 is 0. The molecule has 0 amide bonds. The van der Waals surface area contributed by atoms with Crippen LogP contribution in [-0.2, 0) is 0 Å². The minimum Gasteiger partial charge on any atom is -0.253 e. The fourth-order valence-electron chi connectivity index (χ4n) is 1.72. The van der Waals surface area contributed by atoms with E-state index in [0.29, 0.717) is 0 Å². The van der Waals surface area contributed by atoms with E-state index in [9.17, 15) is 0 Å². The Morgan fingerprint density at radius 3 is 2.26 bits per heavy atom. The molecule has 0 saturated heterocycles. The summed E-state index contributed by atoms with van der Waals surface area (Å²) in [7, 11) is 0. The number of hydrogen-bond acceptors (Lipinski definition) is 1. The van der Waals surface area contributed by atoms with Crippen LogP contribution in [0.15, 0.2) is 64.8 Å². The third kappa shape index (κ3) is 4.36. The van der Waals surface area contributed by atoms with Crippen molar-refractivity contribution in [2.45, 2.75) is 34.6 Å². The molecule has 1 heteroatoms. The summed E-state index contributed by atoms with van der Waals surface area (Å²) in [5.41, 5.74) is 6.78. The van der Waals surface area contributed by atoms with Gasteiger partial charge in [0.05, 0.1) is 5.71 Å². The molecule has 0 fully saturated rings. The van der Waals surface area contributed by atoms with Gasteiger partial charge in [-0.05, 0) is 51.8 Å². The van der Waals surface area contributed by atoms with Crippen molar-refractivity contribution < 1.29 is 0 Å². The maximum atomic E-state index is 4.77. The molecule has 0 heterocycles. The Labute approximate surface area is 117 Å². The van der Waals surface area contributed by atoms with Gasteiger partial charge in [-0.3, -0.25) is 4.99 Å². The average molecular weight is 253 g/mol. The highest BCUT2D eigenvalue weighted by Crippen LogP contribution is 2.14.